The number of pyridine rings is 1. The van der Waals surface area contributed by atoms with Gasteiger partial charge in [-0.3, -0.25) is 4.79 Å². The van der Waals surface area contributed by atoms with Crippen molar-refractivity contribution in [1.29, 1.82) is 0 Å². The van der Waals surface area contributed by atoms with Gasteiger partial charge in [0.1, 0.15) is 0 Å². The molecular weight excluding hydrogens is 218 g/mol. The average Bonchev–Trinajstić information content (AvgIpc) is 2.87. The Balaban J connectivity index is 2.40. The van der Waals surface area contributed by atoms with Crippen molar-refractivity contribution < 1.29 is 4.79 Å². The van der Waals surface area contributed by atoms with Crippen molar-refractivity contribution in [1.82, 2.24) is 20.1 Å². The normalized spacial score (nSPS) is 10.2. The lowest BCUT2D eigenvalue weighted by atomic mass is 10.2. The molecule has 17 heavy (non-hydrogen) atoms. The largest absolute Gasteiger partial charge is 0.354 e. The molecule has 2 aromatic rings. The number of amides is 1. The van der Waals surface area contributed by atoms with Crippen LogP contribution in [0.4, 0.5) is 0 Å². The third-order valence-electron chi connectivity index (χ3n) is 2.35. The first-order valence-corrected chi connectivity index (χ1v) is 5.18. The first-order chi connectivity index (χ1) is 8.26. The number of nitrogens with two attached hydrogens (primary N) is 1. The van der Waals surface area contributed by atoms with E-state index in [-0.39, 0.29) is 5.91 Å². The third-order valence-corrected chi connectivity index (χ3v) is 2.35. The molecule has 0 spiro atoms. The van der Waals surface area contributed by atoms with E-state index in [1.54, 1.807) is 30.2 Å². The van der Waals surface area contributed by atoms with Crippen LogP contribution in [-0.4, -0.2) is 27.7 Å². The summed E-state index contributed by atoms with van der Waals surface area (Å²) in [5.74, 6) is 0.416. The quantitative estimate of drug-likeness (QED) is 0.783. The molecule has 3 N–H and O–H groups in total. The van der Waals surface area contributed by atoms with Crippen LogP contribution >= 0.6 is 0 Å². The van der Waals surface area contributed by atoms with Gasteiger partial charge >= 0.3 is 0 Å². The molecule has 0 saturated heterocycles. The fraction of sp³-hybridized carbons (Fsp3) is 0.182. The molecule has 0 fully saturated rings. The van der Waals surface area contributed by atoms with Crippen molar-refractivity contribution >= 4 is 5.91 Å². The maximum Gasteiger partial charge on any atom is 0.271 e. The average molecular weight is 231 g/mol. The van der Waals surface area contributed by atoms with E-state index in [2.05, 4.69) is 15.4 Å². The van der Waals surface area contributed by atoms with Crippen LogP contribution in [0.5, 0.6) is 0 Å². The summed E-state index contributed by atoms with van der Waals surface area (Å²) in [6.45, 7) is 0.373. The smallest absolute Gasteiger partial charge is 0.271 e. The van der Waals surface area contributed by atoms with E-state index in [1.807, 2.05) is 12.1 Å². The summed E-state index contributed by atoms with van der Waals surface area (Å²) in [6, 6.07) is 5.33. The van der Waals surface area contributed by atoms with Crippen LogP contribution in [-0.2, 0) is 6.54 Å². The monoisotopic (exact) mass is 231 g/mol. The minimum absolute atomic E-state index is 0.228. The van der Waals surface area contributed by atoms with Crippen molar-refractivity contribution in [2.75, 3.05) is 7.05 Å². The second-order valence-electron chi connectivity index (χ2n) is 3.41. The molecular formula is C11H13N5O. The van der Waals surface area contributed by atoms with E-state index in [0.717, 1.165) is 5.56 Å². The van der Waals surface area contributed by atoms with E-state index in [1.165, 1.54) is 0 Å². The number of nitrogens with one attached hydrogen (secondary N) is 1. The summed E-state index contributed by atoms with van der Waals surface area (Å²) < 4.78 is 1.55. The lowest BCUT2D eigenvalue weighted by Crippen LogP contribution is -2.18. The maximum atomic E-state index is 11.4. The second kappa shape index (κ2) is 4.75. The van der Waals surface area contributed by atoms with E-state index in [4.69, 9.17) is 5.73 Å². The lowest BCUT2D eigenvalue weighted by Gasteiger charge is -2.05. The highest BCUT2D eigenvalue weighted by molar-refractivity contribution is 5.91. The van der Waals surface area contributed by atoms with Crippen molar-refractivity contribution in [3.63, 3.8) is 0 Å². The van der Waals surface area contributed by atoms with Gasteiger partial charge < -0.3 is 11.1 Å². The molecule has 0 bridgehead atoms. The van der Waals surface area contributed by atoms with Gasteiger partial charge in [0.25, 0.3) is 5.91 Å². The maximum absolute atomic E-state index is 11.4. The summed E-state index contributed by atoms with van der Waals surface area (Å²) in [7, 11) is 1.56. The predicted molar refractivity (Wildman–Crippen MR) is 62.6 cm³/mol. The van der Waals surface area contributed by atoms with Crippen LogP contribution < -0.4 is 11.1 Å². The Hall–Kier alpha value is -2.21. The molecule has 2 rings (SSSR count). The van der Waals surface area contributed by atoms with Crippen LogP contribution in [0.25, 0.3) is 5.82 Å². The Bertz CT molecular complexity index is 534. The van der Waals surface area contributed by atoms with Crippen LogP contribution in [0, 0.1) is 0 Å². The molecule has 0 aliphatic carbocycles. The van der Waals surface area contributed by atoms with Crippen LogP contribution in [0.2, 0.25) is 0 Å². The highest BCUT2D eigenvalue weighted by Crippen LogP contribution is 2.10. The van der Waals surface area contributed by atoms with Crippen molar-refractivity contribution in [2.45, 2.75) is 6.54 Å². The Morgan fingerprint density at radius 2 is 2.35 bits per heavy atom. The standard InChI is InChI=1S/C11H13N5O/c1-13-11(17)9-4-6-16(15-9)10-8(7-12)3-2-5-14-10/h2-6H,7,12H2,1H3,(H,13,17). The number of hydrogen-bond donors (Lipinski definition) is 2. The number of carbonyl (C=O) groups is 1. The first-order valence-electron chi connectivity index (χ1n) is 5.18. The summed E-state index contributed by atoms with van der Waals surface area (Å²) in [5.41, 5.74) is 6.84. The van der Waals surface area contributed by atoms with Gasteiger partial charge in [0.2, 0.25) is 0 Å². The SMILES string of the molecule is CNC(=O)c1ccn(-c2ncccc2CN)n1. The molecule has 1 amide bonds. The molecule has 0 unspecified atom stereocenters. The Kier molecular flexibility index (Phi) is 3.15. The summed E-state index contributed by atoms with van der Waals surface area (Å²) >= 11 is 0. The van der Waals surface area contributed by atoms with Gasteiger partial charge in [0.05, 0.1) is 0 Å². The van der Waals surface area contributed by atoms with E-state index >= 15 is 0 Å². The van der Waals surface area contributed by atoms with Crippen LogP contribution in [0.1, 0.15) is 16.1 Å². The number of rotatable bonds is 3. The zero-order chi connectivity index (χ0) is 12.3. The topological polar surface area (TPSA) is 85.8 Å². The molecule has 88 valence electrons. The molecule has 0 radical (unpaired) electrons. The van der Waals surface area contributed by atoms with Gasteiger partial charge in [0.15, 0.2) is 11.5 Å². The number of aromatic nitrogens is 3. The molecule has 6 heteroatoms. The Labute approximate surface area is 98.5 Å². The number of carbonyl (C=O) groups excluding carboxylic acids is 1. The zero-order valence-electron chi connectivity index (χ0n) is 9.42. The van der Waals surface area contributed by atoms with Crippen LogP contribution in [0.3, 0.4) is 0 Å². The van der Waals surface area contributed by atoms with Crippen LogP contribution in [0.15, 0.2) is 30.6 Å². The van der Waals surface area contributed by atoms with E-state index in [0.29, 0.717) is 18.1 Å². The van der Waals surface area contributed by atoms with E-state index in [9.17, 15) is 4.79 Å². The minimum atomic E-state index is -0.228. The predicted octanol–water partition coefficient (Wildman–Crippen LogP) is 0.0856. The molecule has 0 saturated carbocycles. The summed E-state index contributed by atoms with van der Waals surface area (Å²) in [4.78, 5) is 15.6. The van der Waals surface area contributed by atoms with Crippen molar-refractivity contribution in [3.8, 4) is 5.82 Å². The summed E-state index contributed by atoms with van der Waals surface area (Å²) in [6.07, 6.45) is 3.35. The zero-order valence-corrected chi connectivity index (χ0v) is 9.42. The molecule has 0 atom stereocenters. The van der Waals surface area contributed by atoms with Gasteiger partial charge in [-0.25, -0.2) is 9.67 Å². The third kappa shape index (κ3) is 2.16. The van der Waals surface area contributed by atoms with Gasteiger partial charge in [-0.05, 0) is 12.1 Å². The highest BCUT2D eigenvalue weighted by Gasteiger charge is 2.10. The molecule has 0 aromatic carbocycles. The van der Waals surface area contributed by atoms with Gasteiger partial charge in [0, 0.05) is 31.5 Å². The molecule has 0 aliphatic heterocycles. The molecule has 2 aromatic heterocycles. The molecule has 2 heterocycles. The Morgan fingerprint density at radius 3 is 3.06 bits per heavy atom. The fourth-order valence-corrected chi connectivity index (χ4v) is 1.49. The van der Waals surface area contributed by atoms with Gasteiger partial charge in [-0.1, -0.05) is 6.07 Å². The first kappa shape index (κ1) is 11.3. The number of hydrogen-bond acceptors (Lipinski definition) is 4. The van der Waals surface area contributed by atoms with Crippen molar-refractivity contribution in [3.05, 3.63) is 41.9 Å². The minimum Gasteiger partial charge on any atom is -0.354 e. The second-order valence-corrected chi connectivity index (χ2v) is 3.41. The van der Waals surface area contributed by atoms with Crippen molar-refractivity contribution in [2.24, 2.45) is 5.73 Å². The fourth-order valence-electron chi connectivity index (χ4n) is 1.49. The number of nitrogens with zero attached hydrogens (tertiary/aromatic N) is 3. The highest BCUT2D eigenvalue weighted by atomic mass is 16.1. The van der Waals surface area contributed by atoms with E-state index < -0.39 is 0 Å². The summed E-state index contributed by atoms with van der Waals surface area (Å²) in [5, 5.41) is 6.66. The van der Waals surface area contributed by atoms with Gasteiger partial charge in [-0.15, -0.1) is 0 Å². The molecule has 0 aliphatic rings. The Morgan fingerprint density at radius 1 is 1.53 bits per heavy atom. The molecule has 6 nitrogen and oxygen atoms in total. The lowest BCUT2D eigenvalue weighted by molar-refractivity contribution is 0.0957. The van der Waals surface area contributed by atoms with Gasteiger partial charge in [-0.2, -0.15) is 5.10 Å².